The van der Waals surface area contributed by atoms with Crippen molar-refractivity contribution in [3.05, 3.63) is 30.3 Å². The van der Waals surface area contributed by atoms with E-state index in [1.807, 2.05) is 6.07 Å². The molecule has 0 saturated heterocycles. The van der Waals surface area contributed by atoms with Gasteiger partial charge in [-0.3, -0.25) is 4.79 Å². The van der Waals surface area contributed by atoms with Gasteiger partial charge in [0.2, 0.25) is 0 Å². The number of aliphatic carboxylic acids is 1. The van der Waals surface area contributed by atoms with Crippen molar-refractivity contribution in [1.29, 1.82) is 0 Å². The smallest absolute Gasteiger partial charge is 0.311 e. The number of hydrogen-bond donors (Lipinski definition) is 0. The minimum absolute atomic E-state index is 0.0862. The molecule has 0 amide bonds. The Morgan fingerprint density at radius 1 is 1.13 bits per heavy atom. The molecular weight excluding hydrogens is 196 g/mol. The lowest BCUT2D eigenvalue weighted by Gasteiger charge is -2.04. The van der Waals surface area contributed by atoms with Gasteiger partial charge in [-0.2, -0.15) is 0 Å². The Morgan fingerprint density at radius 3 is 2.40 bits per heavy atom. The zero-order chi connectivity index (χ0) is 11.1. The number of carbonyl (C=O) groups is 2. The Morgan fingerprint density at radius 2 is 1.80 bits per heavy atom. The van der Waals surface area contributed by atoms with Crippen LogP contribution in [0.25, 0.3) is 0 Å². The molecular formula is C11H11O4-. The lowest BCUT2D eigenvalue weighted by molar-refractivity contribution is -0.305. The number of carbonyl (C=O) groups excluding carboxylic acids is 2. The maximum atomic E-state index is 11.2. The minimum atomic E-state index is -1.15. The molecule has 4 heteroatoms. The summed E-state index contributed by atoms with van der Waals surface area (Å²) in [6, 6.07) is 8.65. The Labute approximate surface area is 87.5 Å². The van der Waals surface area contributed by atoms with Gasteiger partial charge in [0.25, 0.3) is 0 Å². The molecule has 1 aromatic rings. The predicted molar refractivity (Wildman–Crippen MR) is 50.9 cm³/mol. The van der Waals surface area contributed by atoms with E-state index in [9.17, 15) is 14.7 Å². The Balaban J connectivity index is 2.28. The van der Waals surface area contributed by atoms with E-state index in [4.69, 9.17) is 4.74 Å². The molecule has 0 heterocycles. The molecule has 0 aliphatic carbocycles. The highest BCUT2D eigenvalue weighted by Crippen LogP contribution is 2.09. The molecule has 0 spiro atoms. The Bertz CT molecular complexity index is 332. The predicted octanol–water partition coefficient (Wildman–Crippen LogP) is 0.512. The van der Waals surface area contributed by atoms with Crippen molar-refractivity contribution in [3.8, 4) is 5.75 Å². The van der Waals surface area contributed by atoms with Crippen LogP contribution in [0, 0.1) is 0 Å². The van der Waals surface area contributed by atoms with Crippen molar-refractivity contribution >= 4 is 11.9 Å². The normalized spacial score (nSPS) is 9.60. The highest BCUT2D eigenvalue weighted by atomic mass is 16.5. The van der Waals surface area contributed by atoms with E-state index in [0.717, 1.165) is 0 Å². The second-order valence-corrected chi connectivity index (χ2v) is 3.01. The van der Waals surface area contributed by atoms with Gasteiger partial charge < -0.3 is 14.6 Å². The van der Waals surface area contributed by atoms with Crippen molar-refractivity contribution in [2.75, 3.05) is 0 Å². The van der Waals surface area contributed by atoms with Crippen LogP contribution >= 0.6 is 0 Å². The fourth-order valence-electron chi connectivity index (χ4n) is 1.05. The second-order valence-electron chi connectivity index (χ2n) is 3.01. The molecule has 15 heavy (non-hydrogen) atoms. The third-order valence-electron chi connectivity index (χ3n) is 1.74. The average molecular weight is 207 g/mol. The van der Waals surface area contributed by atoms with Gasteiger partial charge in [0, 0.05) is 12.4 Å². The van der Waals surface area contributed by atoms with E-state index < -0.39 is 11.9 Å². The number of rotatable bonds is 5. The zero-order valence-corrected chi connectivity index (χ0v) is 8.14. The molecule has 0 saturated carbocycles. The Kier molecular flexibility index (Phi) is 4.34. The second kappa shape index (κ2) is 5.80. The standard InChI is InChI=1S/C11H12O4/c12-10(13)7-4-8-11(14)15-9-5-2-1-3-6-9/h1-3,5-6H,4,7-8H2,(H,12,13)/p-1. The number of benzene rings is 1. The molecule has 0 aliphatic heterocycles. The summed E-state index contributed by atoms with van der Waals surface area (Å²) in [7, 11) is 0. The van der Waals surface area contributed by atoms with Gasteiger partial charge in [0.05, 0.1) is 0 Å². The van der Waals surface area contributed by atoms with Crippen molar-refractivity contribution < 1.29 is 19.4 Å². The average Bonchev–Trinajstić information content (AvgIpc) is 2.18. The highest BCUT2D eigenvalue weighted by molar-refractivity contribution is 5.73. The monoisotopic (exact) mass is 207 g/mol. The summed E-state index contributed by atoms with van der Waals surface area (Å²) < 4.78 is 4.94. The van der Waals surface area contributed by atoms with Gasteiger partial charge in [-0.25, -0.2) is 0 Å². The van der Waals surface area contributed by atoms with Crippen LogP contribution in [-0.4, -0.2) is 11.9 Å². The van der Waals surface area contributed by atoms with Crippen LogP contribution in [0.3, 0.4) is 0 Å². The number of ether oxygens (including phenoxy) is 1. The van der Waals surface area contributed by atoms with E-state index in [0.29, 0.717) is 5.75 Å². The first-order valence-corrected chi connectivity index (χ1v) is 4.64. The number of carboxylic acids is 1. The summed E-state index contributed by atoms with van der Waals surface area (Å²) in [6.45, 7) is 0. The molecule has 0 radical (unpaired) electrons. The fraction of sp³-hybridized carbons (Fsp3) is 0.273. The molecule has 0 aromatic heterocycles. The molecule has 0 atom stereocenters. The molecule has 0 fully saturated rings. The van der Waals surface area contributed by atoms with Gasteiger partial charge in [-0.1, -0.05) is 18.2 Å². The quantitative estimate of drug-likeness (QED) is 0.521. The maximum absolute atomic E-state index is 11.2. The van der Waals surface area contributed by atoms with E-state index in [1.165, 1.54) is 0 Å². The summed E-state index contributed by atoms with van der Waals surface area (Å²) in [5.41, 5.74) is 0. The van der Waals surface area contributed by atoms with Crippen LogP contribution in [0.2, 0.25) is 0 Å². The molecule has 0 N–H and O–H groups in total. The maximum Gasteiger partial charge on any atom is 0.311 e. The van der Waals surface area contributed by atoms with Gasteiger partial charge in [-0.05, 0) is 25.0 Å². The molecule has 0 bridgehead atoms. The third kappa shape index (κ3) is 4.81. The first kappa shape index (κ1) is 11.2. The van der Waals surface area contributed by atoms with Crippen LogP contribution in [0.4, 0.5) is 0 Å². The van der Waals surface area contributed by atoms with E-state index >= 15 is 0 Å². The topological polar surface area (TPSA) is 66.4 Å². The SMILES string of the molecule is O=C([O-])CCCC(=O)Oc1ccccc1. The Hall–Kier alpha value is -1.84. The first-order chi connectivity index (χ1) is 7.18. The van der Waals surface area contributed by atoms with Gasteiger partial charge in [0.1, 0.15) is 5.75 Å². The summed E-state index contributed by atoms with van der Waals surface area (Å²) in [5.74, 6) is -1.11. The molecule has 4 nitrogen and oxygen atoms in total. The van der Waals surface area contributed by atoms with E-state index in [1.54, 1.807) is 24.3 Å². The molecule has 0 unspecified atom stereocenters. The molecule has 1 aromatic carbocycles. The number of esters is 1. The van der Waals surface area contributed by atoms with Crippen molar-refractivity contribution in [2.45, 2.75) is 19.3 Å². The van der Waals surface area contributed by atoms with Crippen LogP contribution in [0.1, 0.15) is 19.3 Å². The summed E-state index contributed by atoms with van der Waals surface area (Å²) in [4.78, 5) is 21.2. The highest BCUT2D eigenvalue weighted by Gasteiger charge is 2.03. The lowest BCUT2D eigenvalue weighted by atomic mass is 10.2. The zero-order valence-electron chi connectivity index (χ0n) is 8.14. The van der Waals surface area contributed by atoms with Gasteiger partial charge >= 0.3 is 5.97 Å². The molecule has 0 aliphatic rings. The summed E-state index contributed by atoms with van der Waals surface area (Å²) in [5, 5.41) is 10.1. The summed E-state index contributed by atoms with van der Waals surface area (Å²) in [6.07, 6.45) is 0.209. The van der Waals surface area contributed by atoms with Crippen molar-refractivity contribution in [1.82, 2.24) is 0 Å². The molecule has 1 rings (SSSR count). The van der Waals surface area contributed by atoms with Crippen LogP contribution in [0.5, 0.6) is 5.75 Å². The number of carboxylic acid groups (broad SMARTS) is 1. The summed E-state index contributed by atoms with van der Waals surface area (Å²) >= 11 is 0. The minimum Gasteiger partial charge on any atom is -0.550 e. The van der Waals surface area contributed by atoms with E-state index in [-0.39, 0.29) is 19.3 Å². The lowest BCUT2D eigenvalue weighted by Crippen LogP contribution is -2.22. The fourth-order valence-corrected chi connectivity index (χ4v) is 1.05. The van der Waals surface area contributed by atoms with Crippen LogP contribution < -0.4 is 9.84 Å². The van der Waals surface area contributed by atoms with Gasteiger partial charge in [-0.15, -0.1) is 0 Å². The third-order valence-corrected chi connectivity index (χ3v) is 1.74. The van der Waals surface area contributed by atoms with Gasteiger partial charge in [0.15, 0.2) is 0 Å². The number of para-hydroxylation sites is 1. The first-order valence-electron chi connectivity index (χ1n) is 4.64. The van der Waals surface area contributed by atoms with Crippen molar-refractivity contribution in [3.63, 3.8) is 0 Å². The molecule has 80 valence electrons. The largest absolute Gasteiger partial charge is 0.550 e. The number of hydrogen-bond acceptors (Lipinski definition) is 4. The van der Waals surface area contributed by atoms with Crippen molar-refractivity contribution in [2.24, 2.45) is 0 Å². The van der Waals surface area contributed by atoms with Crippen LogP contribution in [-0.2, 0) is 9.59 Å². The van der Waals surface area contributed by atoms with E-state index in [2.05, 4.69) is 0 Å². The van der Waals surface area contributed by atoms with Crippen LogP contribution in [0.15, 0.2) is 30.3 Å².